The molecule has 1 amide bonds. The van der Waals surface area contributed by atoms with E-state index in [-0.39, 0.29) is 11.6 Å². The Labute approximate surface area is 123 Å². The maximum absolute atomic E-state index is 11.8. The number of hydrogen-bond acceptors (Lipinski definition) is 3. The summed E-state index contributed by atoms with van der Waals surface area (Å²) in [7, 11) is 0. The molecule has 2 saturated carbocycles. The third kappa shape index (κ3) is 4.65. The average Bonchev–Trinajstić information content (AvgIpc) is 3.05. The molecule has 4 nitrogen and oxygen atoms in total. The van der Waals surface area contributed by atoms with Crippen molar-refractivity contribution >= 4 is 6.09 Å². The van der Waals surface area contributed by atoms with Crippen LogP contribution in [0, 0.1) is 11.8 Å². The van der Waals surface area contributed by atoms with Crippen LogP contribution in [0.5, 0.6) is 0 Å². The molecule has 0 radical (unpaired) electrons. The molecule has 0 aromatic heterocycles. The van der Waals surface area contributed by atoms with Crippen molar-refractivity contribution in [1.29, 1.82) is 0 Å². The average molecular weight is 282 g/mol. The fourth-order valence-electron chi connectivity index (χ4n) is 2.72. The van der Waals surface area contributed by atoms with Crippen molar-refractivity contribution in [2.75, 3.05) is 13.1 Å². The molecule has 1 atom stereocenters. The van der Waals surface area contributed by atoms with Gasteiger partial charge < -0.3 is 15.4 Å². The number of alkyl carbamates (subject to hydrolysis) is 1. The molecular weight excluding hydrogens is 252 g/mol. The predicted octanol–water partition coefficient (Wildman–Crippen LogP) is 3.07. The van der Waals surface area contributed by atoms with Crippen LogP contribution in [-0.2, 0) is 4.74 Å². The summed E-state index contributed by atoms with van der Waals surface area (Å²) in [6, 6.07) is 0. The number of rotatable bonds is 6. The highest BCUT2D eigenvalue weighted by atomic mass is 16.6. The lowest BCUT2D eigenvalue weighted by molar-refractivity contribution is 0.0506. The number of carbonyl (C=O) groups excluding carboxylic acids is 1. The van der Waals surface area contributed by atoms with Crippen LogP contribution >= 0.6 is 0 Å². The Bertz CT molecular complexity index is 343. The molecule has 2 rings (SSSR count). The fraction of sp³-hybridized carbons (Fsp3) is 0.938. The number of nitrogens with one attached hydrogen (secondary N) is 2. The van der Waals surface area contributed by atoms with Gasteiger partial charge in [0.1, 0.15) is 5.60 Å². The second-order valence-electron chi connectivity index (χ2n) is 7.73. The molecule has 0 aliphatic heterocycles. The molecule has 4 heteroatoms. The van der Waals surface area contributed by atoms with E-state index in [9.17, 15) is 4.79 Å². The molecule has 2 N–H and O–H groups in total. The number of hydrogen-bond donors (Lipinski definition) is 2. The molecule has 116 valence electrons. The predicted molar refractivity (Wildman–Crippen MR) is 80.7 cm³/mol. The van der Waals surface area contributed by atoms with Crippen LogP contribution in [-0.4, -0.2) is 30.3 Å². The third-order valence-electron chi connectivity index (χ3n) is 4.50. The minimum Gasteiger partial charge on any atom is -0.444 e. The molecule has 2 fully saturated rings. The van der Waals surface area contributed by atoms with E-state index in [4.69, 9.17) is 4.74 Å². The lowest BCUT2D eigenvalue weighted by Crippen LogP contribution is -2.55. The summed E-state index contributed by atoms with van der Waals surface area (Å²) in [6.45, 7) is 9.65. The molecular formula is C16H30N2O2. The van der Waals surface area contributed by atoms with Crippen molar-refractivity contribution in [2.24, 2.45) is 11.8 Å². The Morgan fingerprint density at radius 2 is 1.80 bits per heavy atom. The number of amides is 1. The van der Waals surface area contributed by atoms with E-state index in [2.05, 4.69) is 17.6 Å². The molecule has 0 heterocycles. The van der Waals surface area contributed by atoms with E-state index >= 15 is 0 Å². The van der Waals surface area contributed by atoms with Crippen molar-refractivity contribution in [1.82, 2.24) is 10.6 Å². The second kappa shape index (κ2) is 5.92. The van der Waals surface area contributed by atoms with Gasteiger partial charge in [0.15, 0.2) is 0 Å². The summed E-state index contributed by atoms with van der Waals surface area (Å²) in [5.74, 6) is 1.53. The second-order valence-corrected chi connectivity index (χ2v) is 7.73. The smallest absolute Gasteiger partial charge is 0.407 e. The first-order valence-corrected chi connectivity index (χ1v) is 8.00. The molecule has 2 aliphatic carbocycles. The van der Waals surface area contributed by atoms with Crippen LogP contribution in [0.2, 0.25) is 0 Å². The molecule has 1 unspecified atom stereocenters. The van der Waals surface area contributed by atoms with Gasteiger partial charge >= 0.3 is 6.09 Å². The zero-order valence-electron chi connectivity index (χ0n) is 13.4. The van der Waals surface area contributed by atoms with Gasteiger partial charge in [-0.05, 0) is 71.8 Å². The van der Waals surface area contributed by atoms with Crippen LogP contribution in [0.3, 0.4) is 0 Å². The molecule has 0 aromatic rings. The van der Waals surface area contributed by atoms with Crippen LogP contribution in [0.15, 0.2) is 0 Å². The highest BCUT2D eigenvalue weighted by molar-refractivity contribution is 5.67. The van der Waals surface area contributed by atoms with E-state index in [1.165, 1.54) is 32.1 Å². The normalized spacial score (nSPS) is 22.8. The van der Waals surface area contributed by atoms with Gasteiger partial charge in [0, 0.05) is 12.1 Å². The van der Waals surface area contributed by atoms with Gasteiger partial charge in [-0.1, -0.05) is 6.42 Å². The minimum absolute atomic E-state index is 0.0203. The quantitative estimate of drug-likeness (QED) is 0.787. The maximum atomic E-state index is 11.8. The largest absolute Gasteiger partial charge is 0.444 e. The summed E-state index contributed by atoms with van der Waals surface area (Å²) < 4.78 is 5.31. The maximum Gasteiger partial charge on any atom is 0.407 e. The van der Waals surface area contributed by atoms with Gasteiger partial charge in [0.2, 0.25) is 0 Å². The van der Waals surface area contributed by atoms with E-state index in [1.807, 2.05) is 20.8 Å². The van der Waals surface area contributed by atoms with E-state index < -0.39 is 5.60 Å². The Balaban J connectivity index is 1.77. The van der Waals surface area contributed by atoms with Gasteiger partial charge in [-0.15, -0.1) is 0 Å². The fourth-order valence-corrected chi connectivity index (χ4v) is 2.72. The lowest BCUT2D eigenvalue weighted by atomic mass is 9.84. The van der Waals surface area contributed by atoms with E-state index in [1.54, 1.807) is 0 Å². The summed E-state index contributed by atoms with van der Waals surface area (Å²) in [5, 5.41) is 6.65. The van der Waals surface area contributed by atoms with Crippen LogP contribution in [0.25, 0.3) is 0 Å². The topological polar surface area (TPSA) is 50.4 Å². The first-order chi connectivity index (χ1) is 9.28. The SMILES string of the molecule is CC(C)(C)OC(=O)NCC(C)(NCC1CCC1)C1CC1. The van der Waals surface area contributed by atoms with Crippen LogP contribution in [0.4, 0.5) is 4.79 Å². The molecule has 0 bridgehead atoms. The Hall–Kier alpha value is -0.770. The molecule has 20 heavy (non-hydrogen) atoms. The van der Waals surface area contributed by atoms with Crippen molar-refractivity contribution in [2.45, 2.75) is 70.9 Å². The van der Waals surface area contributed by atoms with E-state index in [0.717, 1.165) is 12.5 Å². The first-order valence-electron chi connectivity index (χ1n) is 8.00. The monoisotopic (exact) mass is 282 g/mol. The summed E-state index contributed by atoms with van der Waals surface area (Å²) in [6.07, 6.45) is 6.31. The Morgan fingerprint density at radius 1 is 1.15 bits per heavy atom. The van der Waals surface area contributed by atoms with Gasteiger partial charge in [-0.2, -0.15) is 0 Å². The van der Waals surface area contributed by atoms with E-state index in [0.29, 0.717) is 12.5 Å². The van der Waals surface area contributed by atoms with Crippen LogP contribution < -0.4 is 10.6 Å². The summed E-state index contributed by atoms with van der Waals surface area (Å²) in [5.41, 5.74) is -0.411. The van der Waals surface area contributed by atoms with Gasteiger partial charge in [0.25, 0.3) is 0 Å². The van der Waals surface area contributed by atoms with Crippen molar-refractivity contribution in [3.05, 3.63) is 0 Å². The van der Waals surface area contributed by atoms with Gasteiger partial charge in [-0.3, -0.25) is 0 Å². The molecule has 2 aliphatic rings. The number of ether oxygens (including phenoxy) is 1. The Kier molecular flexibility index (Phi) is 4.62. The standard InChI is InChI=1S/C16H30N2O2/c1-15(2,3)20-14(19)17-11-16(4,13-8-9-13)18-10-12-6-5-7-12/h12-13,18H,5-11H2,1-4H3,(H,17,19). The molecule has 0 saturated heterocycles. The van der Waals surface area contributed by atoms with Crippen molar-refractivity contribution in [3.8, 4) is 0 Å². The zero-order chi connectivity index (χ0) is 14.8. The number of carbonyl (C=O) groups is 1. The van der Waals surface area contributed by atoms with Crippen LogP contribution in [0.1, 0.15) is 59.8 Å². The lowest BCUT2D eigenvalue weighted by Gasteiger charge is -2.35. The molecule has 0 aromatic carbocycles. The molecule has 0 spiro atoms. The zero-order valence-corrected chi connectivity index (χ0v) is 13.4. The Morgan fingerprint density at radius 3 is 2.25 bits per heavy atom. The summed E-state index contributed by atoms with van der Waals surface area (Å²) >= 11 is 0. The highest BCUT2D eigenvalue weighted by Gasteiger charge is 2.42. The third-order valence-corrected chi connectivity index (χ3v) is 4.50. The van der Waals surface area contributed by atoms with Crippen molar-refractivity contribution < 1.29 is 9.53 Å². The summed E-state index contributed by atoms with van der Waals surface area (Å²) in [4.78, 5) is 11.8. The minimum atomic E-state index is -0.431. The van der Waals surface area contributed by atoms with Gasteiger partial charge in [0.05, 0.1) is 0 Å². The van der Waals surface area contributed by atoms with Gasteiger partial charge in [-0.25, -0.2) is 4.79 Å². The highest BCUT2D eigenvalue weighted by Crippen LogP contribution is 2.39. The first kappa shape index (κ1) is 15.6. The van der Waals surface area contributed by atoms with Crippen molar-refractivity contribution in [3.63, 3.8) is 0 Å².